The molecular formula is C21H21ClF2N2O3. The van der Waals surface area contributed by atoms with Crippen LogP contribution in [0.15, 0.2) is 48.5 Å². The fourth-order valence-electron chi connectivity index (χ4n) is 3.18. The average Bonchev–Trinajstić information content (AvgIpc) is 2.73. The summed E-state index contributed by atoms with van der Waals surface area (Å²) in [5.74, 6) is 0.0351. The number of alkyl halides is 2. The number of ether oxygens (including phenoxy) is 1. The highest BCUT2D eigenvalue weighted by atomic mass is 35.5. The van der Waals surface area contributed by atoms with Crippen LogP contribution in [0.1, 0.15) is 22.3 Å². The third-order valence-corrected chi connectivity index (χ3v) is 5.04. The standard InChI is InChI=1S/C21H21ClF2N2O3/c22-17-6-4-16(5-7-17)20(28)26-13-11-25(12-14-26)19(27)10-3-15-1-8-18(9-2-15)29-21(23)24/h1-2,4-9,21H,3,10-14H2. The van der Waals surface area contributed by atoms with E-state index in [1.165, 1.54) is 12.1 Å². The molecule has 0 radical (unpaired) electrons. The molecule has 0 aromatic heterocycles. The van der Waals surface area contributed by atoms with Gasteiger partial charge in [0.15, 0.2) is 0 Å². The lowest BCUT2D eigenvalue weighted by Crippen LogP contribution is -2.50. The predicted octanol–water partition coefficient (Wildman–Crippen LogP) is 3.86. The molecule has 1 aliphatic rings. The molecular weight excluding hydrogens is 402 g/mol. The molecule has 0 unspecified atom stereocenters. The van der Waals surface area contributed by atoms with Crippen molar-refractivity contribution in [3.05, 3.63) is 64.7 Å². The summed E-state index contributed by atoms with van der Waals surface area (Å²) in [4.78, 5) is 28.4. The zero-order chi connectivity index (χ0) is 20.8. The third-order valence-electron chi connectivity index (χ3n) is 4.79. The van der Waals surface area contributed by atoms with Gasteiger partial charge in [-0.25, -0.2) is 0 Å². The lowest BCUT2D eigenvalue weighted by molar-refractivity contribution is -0.132. The Kier molecular flexibility index (Phi) is 7.04. The van der Waals surface area contributed by atoms with E-state index in [1.54, 1.807) is 46.2 Å². The number of amides is 2. The fraction of sp³-hybridized carbons (Fsp3) is 0.333. The van der Waals surface area contributed by atoms with Crippen molar-refractivity contribution in [1.82, 2.24) is 9.80 Å². The Hall–Kier alpha value is -2.67. The number of carbonyl (C=O) groups is 2. The predicted molar refractivity (Wildman–Crippen MR) is 105 cm³/mol. The average molecular weight is 423 g/mol. The zero-order valence-corrected chi connectivity index (χ0v) is 16.4. The van der Waals surface area contributed by atoms with E-state index in [1.807, 2.05) is 0 Å². The van der Waals surface area contributed by atoms with Gasteiger partial charge in [0.25, 0.3) is 5.91 Å². The molecule has 2 amide bonds. The van der Waals surface area contributed by atoms with Crippen molar-refractivity contribution in [2.24, 2.45) is 0 Å². The van der Waals surface area contributed by atoms with Crippen LogP contribution in [0.4, 0.5) is 8.78 Å². The number of hydrogen-bond donors (Lipinski definition) is 0. The van der Waals surface area contributed by atoms with E-state index in [2.05, 4.69) is 4.74 Å². The number of rotatable bonds is 6. The van der Waals surface area contributed by atoms with Crippen LogP contribution in [-0.4, -0.2) is 54.4 Å². The number of benzene rings is 2. The van der Waals surface area contributed by atoms with Gasteiger partial charge in [0.1, 0.15) is 5.75 Å². The molecule has 29 heavy (non-hydrogen) atoms. The highest BCUT2D eigenvalue weighted by Crippen LogP contribution is 2.17. The van der Waals surface area contributed by atoms with Crippen LogP contribution in [0.2, 0.25) is 5.02 Å². The van der Waals surface area contributed by atoms with Crippen LogP contribution in [-0.2, 0) is 11.2 Å². The number of carbonyl (C=O) groups excluding carboxylic acids is 2. The van der Waals surface area contributed by atoms with Gasteiger partial charge in [-0.05, 0) is 48.4 Å². The minimum Gasteiger partial charge on any atom is -0.435 e. The summed E-state index contributed by atoms with van der Waals surface area (Å²) in [6.45, 7) is -0.925. The van der Waals surface area contributed by atoms with Gasteiger partial charge in [-0.15, -0.1) is 0 Å². The van der Waals surface area contributed by atoms with E-state index >= 15 is 0 Å². The molecule has 2 aromatic rings. The third kappa shape index (κ3) is 5.90. The van der Waals surface area contributed by atoms with Crippen LogP contribution < -0.4 is 4.74 Å². The Bertz CT molecular complexity index is 836. The Balaban J connectivity index is 1.45. The first-order valence-corrected chi connectivity index (χ1v) is 9.66. The first-order chi connectivity index (χ1) is 13.9. The van der Waals surface area contributed by atoms with E-state index in [4.69, 9.17) is 11.6 Å². The Morgan fingerprint density at radius 2 is 1.52 bits per heavy atom. The summed E-state index contributed by atoms with van der Waals surface area (Å²) in [6, 6.07) is 13.0. The summed E-state index contributed by atoms with van der Waals surface area (Å²) in [7, 11) is 0. The highest BCUT2D eigenvalue weighted by Gasteiger charge is 2.24. The van der Waals surface area contributed by atoms with Crippen LogP contribution in [0, 0.1) is 0 Å². The van der Waals surface area contributed by atoms with Gasteiger partial charge < -0.3 is 14.5 Å². The smallest absolute Gasteiger partial charge is 0.387 e. The molecule has 0 N–H and O–H groups in total. The molecule has 0 saturated carbocycles. The first kappa shape index (κ1) is 21.0. The van der Waals surface area contributed by atoms with Gasteiger partial charge in [0.2, 0.25) is 5.91 Å². The number of piperazine rings is 1. The second kappa shape index (κ2) is 9.69. The molecule has 2 aromatic carbocycles. The molecule has 3 rings (SSSR count). The van der Waals surface area contributed by atoms with Crippen LogP contribution >= 0.6 is 11.6 Å². The number of hydrogen-bond acceptors (Lipinski definition) is 3. The topological polar surface area (TPSA) is 49.9 Å². The highest BCUT2D eigenvalue weighted by molar-refractivity contribution is 6.30. The minimum absolute atomic E-state index is 0.0106. The van der Waals surface area contributed by atoms with Crippen molar-refractivity contribution in [2.45, 2.75) is 19.5 Å². The molecule has 1 aliphatic heterocycles. The van der Waals surface area contributed by atoms with E-state index in [0.717, 1.165) is 5.56 Å². The molecule has 0 bridgehead atoms. The van der Waals surface area contributed by atoms with Gasteiger partial charge >= 0.3 is 6.61 Å². The normalized spacial score (nSPS) is 14.2. The van der Waals surface area contributed by atoms with Crippen molar-refractivity contribution >= 4 is 23.4 Å². The van der Waals surface area contributed by atoms with E-state index in [9.17, 15) is 18.4 Å². The van der Waals surface area contributed by atoms with Gasteiger partial charge in [-0.1, -0.05) is 23.7 Å². The fourth-order valence-corrected chi connectivity index (χ4v) is 3.31. The van der Waals surface area contributed by atoms with Gasteiger partial charge in [0.05, 0.1) is 0 Å². The zero-order valence-electron chi connectivity index (χ0n) is 15.7. The quantitative estimate of drug-likeness (QED) is 0.710. The van der Waals surface area contributed by atoms with Crippen molar-refractivity contribution in [1.29, 1.82) is 0 Å². The second-order valence-corrected chi connectivity index (χ2v) is 7.14. The SMILES string of the molecule is O=C(CCc1ccc(OC(F)F)cc1)N1CCN(C(=O)c2ccc(Cl)cc2)CC1. The molecule has 1 fully saturated rings. The molecule has 5 nitrogen and oxygen atoms in total. The van der Waals surface area contributed by atoms with Gasteiger partial charge in [0, 0.05) is 43.2 Å². The van der Waals surface area contributed by atoms with Crippen molar-refractivity contribution < 1.29 is 23.1 Å². The lowest BCUT2D eigenvalue weighted by atomic mass is 10.1. The Labute approximate surface area is 172 Å². The molecule has 0 atom stereocenters. The van der Waals surface area contributed by atoms with Crippen molar-refractivity contribution in [3.8, 4) is 5.75 Å². The van der Waals surface area contributed by atoms with Gasteiger partial charge in [-0.3, -0.25) is 9.59 Å². The largest absolute Gasteiger partial charge is 0.435 e. The van der Waals surface area contributed by atoms with Crippen LogP contribution in [0.5, 0.6) is 5.75 Å². The van der Waals surface area contributed by atoms with E-state index in [0.29, 0.717) is 49.6 Å². The summed E-state index contributed by atoms with van der Waals surface area (Å²) in [5, 5.41) is 0.577. The maximum Gasteiger partial charge on any atom is 0.387 e. The Morgan fingerprint density at radius 1 is 0.931 bits per heavy atom. The second-order valence-electron chi connectivity index (χ2n) is 6.70. The summed E-state index contributed by atoms with van der Waals surface area (Å²) in [6.07, 6.45) is 0.831. The van der Waals surface area contributed by atoms with Crippen LogP contribution in [0.3, 0.4) is 0 Å². The molecule has 1 heterocycles. The molecule has 0 aliphatic carbocycles. The maximum atomic E-state index is 12.5. The van der Waals surface area contributed by atoms with Gasteiger partial charge in [-0.2, -0.15) is 8.78 Å². The van der Waals surface area contributed by atoms with E-state index < -0.39 is 6.61 Å². The van der Waals surface area contributed by atoms with Crippen molar-refractivity contribution in [3.63, 3.8) is 0 Å². The molecule has 154 valence electrons. The van der Waals surface area contributed by atoms with E-state index in [-0.39, 0.29) is 17.6 Å². The monoisotopic (exact) mass is 422 g/mol. The lowest BCUT2D eigenvalue weighted by Gasteiger charge is -2.35. The summed E-state index contributed by atoms with van der Waals surface area (Å²) < 4.78 is 28.6. The summed E-state index contributed by atoms with van der Waals surface area (Å²) >= 11 is 5.85. The minimum atomic E-state index is -2.85. The number of aryl methyl sites for hydroxylation is 1. The molecule has 1 saturated heterocycles. The number of nitrogens with zero attached hydrogens (tertiary/aromatic N) is 2. The Morgan fingerprint density at radius 3 is 2.10 bits per heavy atom. The number of halogens is 3. The first-order valence-electron chi connectivity index (χ1n) is 9.29. The molecule has 8 heteroatoms. The van der Waals surface area contributed by atoms with Crippen molar-refractivity contribution in [2.75, 3.05) is 26.2 Å². The summed E-state index contributed by atoms with van der Waals surface area (Å²) in [5.41, 5.74) is 1.45. The molecule has 0 spiro atoms. The van der Waals surface area contributed by atoms with Crippen LogP contribution in [0.25, 0.3) is 0 Å². The maximum absolute atomic E-state index is 12.5.